The van der Waals surface area contributed by atoms with Gasteiger partial charge in [0.2, 0.25) is 0 Å². The Balaban J connectivity index is 1.34. The van der Waals surface area contributed by atoms with Gasteiger partial charge >= 0.3 is 0 Å². The van der Waals surface area contributed by atoms with Crippen LogP contribution in [0.25, 0.3) is 5.69 Å². The first-order chi connectivity index (χ1) is 14.6. The summed E-state index contributed by atoms with van der Waals surface area (Å²) < 4.78 is 15.1. The highest BCUT2D eigenvalue weighted by Crippen LogP contribution is 2.27. The Bertz CT molecular complexity index is 853. The van der Waals surface area contributed by atoms with Gasteiger partial charge in [0.1, 0.15) is 5.82 Å². The molecule has 1 aliphatic carbocycles. The van der Waals surface area contributed by atoms with Crippen LogP contribution in [0.3, 0.4) is 0 Å². The third-order valence-corrected chi connectivity index (χ3v) is 6.53. The second kappa shape index (κ2) is 9.73. The van der Waals surface area contributed by atoms with Gasteiger partial charge in [0.15, 0.2) is 5.69 Å². The van der Waals surface area contributed by atoms with E-state index in [0.717, 1.165) is 67.9 Å². The normalized spacial score (nSPS) is 17.7. The lowest BCUT2D eigenvalue weighted by atomic mass is 9.95. The molecule has 1 amide bonds. The number of benzene rings is 1. The zero-order valence-corrected chi connectivity index (χ0v) is 18.0. The van der Waals surface area contributed by atoms with Crippen molar-refractivity contribution in [2.75, 3.05) is 26.2 Å². The fourth-order valence-corrected chi connectivity index (χ4v) is 4.61. The van der Waals surface area contributed by atoms with Crippen LogP contribution in [0, 0.1) is 11.7 Å². The lowest BCUT2D eigenvalue weighted by Crippen LogP contribution is -2.34. The van der Waals surface area contributed by atoms with E-state index in [0.29, 0.717) is 12.2 Å². The molecule has 1 saturated heterocycles. The van der Waals surface area contributed by atoms with E-state index in [4.69, 9.17) is 0 Å². The smallest absolute Gasteiger partial charge is 0.272 e. The Kier molecular flexibility index (Phi) is 6.82. The number of fused-ring (bicyclic) bond motifs is 1. The number of nitrogens with one attached hydrogen (secondary N) is 1. The number of likely N-dealkylation sites (tertiary alicyclic amines) is 1. The minimum atomic E-state index is -0.267. The molecule has 0 spiro atoms. The molecule has 2 aromatic rings. The molecular formula is C24H33FN4O. The average Bonchev–Trinajstić information content (AvgIpc) is 3.15. The van der Waals surface area contributed by atoms with Crippen LogP contribution in [-0.4, -0.2) is 46.8 Å². The zero-order valence-electron chi connectivity index (χ0n) is 18.0. The molecule has 1 fully saturated rings. The van der Waals surface area contributed by atoms with Crippen LogP contribution in [0.5, 0.6) is 0 Å². The molecule has 0 atom stereocenters. The maximum Gasteiger partial charge on any atom is 0.272 e. The summed E-state index contributed by atoms with van der Waals surface area (Å²) in [5.41, 5.74) is 3.51. The zero-order chi connectivity index (χ0) is 20.9. The van der Waals surface area contributed by atoms with Crippen LogP contribution in [0.2, 0.25) is 0 Å². The Hall–Kier alpha value is -2.21. The van der Waals surface area contributed by atoms with E-state index >= 15 is 0 Å². The van der Waals surface area contributed by atoms with Gasteiger partial charge in [0, 0.05) is 17.8 Å². The summed E-state index contributed by atoms with van der Waals surface area (Å²) in [5.74, 6) is 0.513. The molecular weight excluding hydrogens is 379 g/mol. The molecule has 1 aromatic heterocycles. The van der Waals surface area contributed by atoms with Crippen LogP contribution in [0.4, 0.5) is 4.39 Å². The summed E-state index contributed by atoms with van der Waals surface area (Å²) in [6, 6.07) is 6.32. The number of nitrogens with zero attached hydrogens (tertiary/aromatic N) is 3. The maximum absolute atomic E-state index is 13.3. The minimum absolute atomic E-state index is 0.0826. The molecule has 30 heavy (non-hydrogen) atoms. The standard InChI is InChI=1S/C24H33FN4O/c1-18-12-16-28(17-13-18)15-5-4-14-26-24(30)23-21-6-2-3-7-22(21)29(27-23)20-10-8-19(25)9-11-20/h8-11,18H,2-7,12-17H2,1H3,(H,26,30). The van der Waals surface area contributed by atoms with Gasteiger partial charge < -0.3 is 10.2 Å². The number of unbranched alkanes of at least 4 members (excludes halogenated alkanes) is 1. The second-order valence-corrected chi connectivity index (χ2v) is 8.86. The number of rotatable bonds is 7. The number of hydrogen-bond donors (Lipinski definition) is 1. The van der Waals surface area contributed by atoms with Crippen molar-refractivity contribution < 1.29 is 9.18 Å². The van der Waals surface area contributed by atoms with Gasteiger partial charge in [0.25, 0.3) is 5.91 Å². The molecule has 0 unspecified atom stereocenters. The lowest BCUT2D eigenvalue weighted by Gasteiger charge is -2.30. The van der Waals surface area contributed by atoms with E-state index in [9.17, 15) is 9.18 Å². The molecule has 6 heteroatoms. The molecule has 0 radical (unpaired) electrons. The predicted molar refractivity (Wildman–Crippen MR) is 117 cm³/mol. The first-order valence-electron chi connectivity index (χ1n) is 11.5. The molecule has 2 heterocycles. The number of hydrogen-bond acceptors (Lipinski definition) is 3. The summed E-state index contributed by atoms with van der Waals surface area (Å²) in [4.78, 5) is 15.4. The van der Waals surface area contributed by atoms with Gasteiger partial charge in [-0.25, -0.2) is 9.07 Å². The highest BCUT2D eigenvalue weighted by Gasteiger charge is 2.25. The third-order valence-electron chi connectivity index (χ3n) is 6.53. The SMILES string of the molecule is CC1CCN(CCCCNC(=O)c2nn(-c3ccc(F)cc3)c3c2CCCC3)CC1. The molecule has 1 N–H and O–H groups in total. The van der Waals surface area contributed by atoms with Gasteiger partial charge in [-0.2, -0.15) is 5.10 Å². The molecule has 1 aromatic carbocycles. The maximum atomic E-state index is 13.3. The van der Waals surface area contributed by atoms with E-state index in [1.807, 2.05) is 4.68 Å². The Morgan fingerprint density at radius 3 is 2.63 bits per heavy atom. The Morgan fingerprint density at radius 2 is 1.87 bits per heavy atom. The fourth-order valence-electron chi connectivity index (χ4n) is 4.61. The van der Waals surface area contributed by atoms with Crippen molar-refractivity contribution in [2.24, 2.45) is 5.92 Å². The monoisotopic (exact) mass is 412 g/mol. The van der Waals surface area contributed by atoms with Gasteiger partial charge in [0.05, 0.1) is 5.69 Å². The average molecular weight is 413 g/mol. The summed E-state index contributed by atoms with van der Waals surface area (Å²) in [6.45, 7) is 6.56. The van der Waals surface area contributed by atoms with E-state index in [1.165, 1.54) is 38.1 Å². The lowest BCUT2D eigenvalue weighted by molar-refractivity contribution is 0.0945. The number of amides is 1. The van der Waals surface area contributed by atoms with Crippen LogP contribution in [-0.2, 0) is 12.8 Å². The first-order valence-corrected chi connectivity index (χ1v) is 11.5. The Morgan fingerprint density at radius 1 is 1.13 bits per heavy atom. The van der Waals surface area contributed by atoms with Gasteiger partial charge in [-0.05, 0) is 101 Å². The summed E-state index contributed by atoms with van der Waals surface area (Å²) in [7, 11) is 0. The highest BCUT2D eigenvalue weighted by molar-refractivity contribution is 5.94. The van der Waals surface area contributed by atoms with Crippen LogP contribution < -0.4 is 5.32 Å². The quantitative estimate of drug-likeness (QED) is 0.696. The summed E-state index contributed by atoms with van der Waals surface area (Å²) >= 11 is 0. The van der Waals surface area contributed by atoms with Crippen molar-refractivity contribution in [3.63, 3.8) is 0 Å². The number of piperidine rings is 1. The van der Waals surface area contributed by atoms with Gasteiger partial charge in [-0.15, -0.1) is 0 Å². The second-order valence-electron chi connectivity index (χ2n) is 8.86. The third kappa shape index (κ3) is 4.91. The van der Waals surface area contributed by atoms with Crippen molar-refractivity contribution in [3.05, 3.63) is 47.0 Å². The number of aromatic nitrogens is 2. The van der Waals surface area contributed by atoms with Crippen LogP contribution >= 0.6 is 0 Å². The minimum Gasteiger partial charge on any atom is -0.351 e. The molecule has 0 bridgehead atoms. The molecule has 4 rings (SSSR count). The first kappa shape index (κ1) is 21.0. The summed E-state index contributed by atoms with van der Waals surface area (Å²) in [6.07, 6.45) is 8.66. The molecule has 2 aliphatic rings. The van der Waals surface area contributed by atoms with E-state index in [-0.39, 0.29) is 11.7 Å². The van der Waals surface area contributed by atoms with Crippen LogP contribution in [0.1, 0.15) is 67.2 Å². The molecule has 1 aliphatic heterocycles. The van der Waals surface area contributed by atoms with E-state index in [1.54, 1.807) is 12.1 Å². The van der Waals surface area contributed by atoms with Gasteiger partial charge in [-0.1, -0.05) is 6.92 Å². The van der Waals surface area contributed by atoms with Gasteiger partial charge in [-0.3, -0.25) is 4.79 Å². The predicted octanol–water partition coefficient (Wildman–Crippen LogP) is 4.13. The number of carbonyl (C=O) groups excluding carboxylic acids is 1. The van der Waals surface area contributed by atoms with E-state index < -0.39 is 0 Å². The van der Waals surface area contributed by atoms with Crippen molar-refractivity contribution in [3.8, 4) is 5.69 Å². The van der Waals surface area contributed by atoms with Crippen molar-refractivity contribution in [2.45, 2.75) is 58.3 Å². The van der Waals surface area contributed by atoms with Crippen LogP contribution in [0.15, 0.2) is 24.3 Å². The molecule has 162 valence electrons. The molecule has 5 nitrogen and oxygen atoms in total. The van der Waals surface area contributed by atoms with Crippen molar-refractivity contribution in [1.29, 1.82) is 0 Å². The number of halogens is 1. The Labute approximate surface area is 178 Å². The van der Waals surface area contributed by atoms with Crippen molar-refractivity contribution >= 4 is 5.91 Å². The van der Waals surface area contributed by atoms with E-state index in [2.05, 4.69) is 22.2 Å². The molecule has 0 saturated carbocycles. The number of carbonyl (C=O) groups is 1. The summed E-state index contributed by atoms with van der Waals surface area (Å²) in [5, 5.41) is 7.72. The van der Waals surface area contributed by atoms with Crippen molar-refractivity contribution in [1.82, 2.24) is 20.0 Å². The fraction of sp³-hybridized carbons (Fsp3) is 0.583. The highest BCUT2D eigenvalue weighted by atomic mass is 19.1. The largest absolute Gasteiger partial charge is 0.351 e. The topological polar surface area (TPSA) is 50.2 Å².